The van der Waals surface area contributed by atoms with E-state index >= 15 is 0 Å². The van der Waals surface area contributed by atoms with Crippen LogP contribution in [0.4, 0.5) is 0 Å². The fourth-order valence-electron chi connectivity index (χ4n) is 2.73. The molecule has 1 aliphatic heterocycles. The first-order valence-corrected chi connectivity index (χ1v) is 7.98. The minimum absolute atomic E-state index is 0.233. The normalized spacial score (nSPS) is 17.7. The van der Waals surface area contributed by atoms with Crippen LogP contribution >= 0.6 is 0 Å². The van der Waals surface area contributed by atoms with E-state index in [9.17, 15) is 4.79 Å². The Morgan fingerprint density at radius 1 is 1.37 bits per heavy atom. The Balaban J connectivity index is 2.38. The summed E-state index contributed by atoms with van der Waals surface area (Å²) < 4.78 is 7.43. The molecule has 1 aromatic rings. The van der Waals surface area contributed by atoms with E-state index in [1.807, 2.05) is 18.2 Å². The summed E-state index contributed by atoms with van der Waals surface area (Å²) in [7, 11) is 2.32. The second-order valence-electron chi connectivity index (χ2n) is 5.22. The fraction of sp³-hybridized carbons (Fsp3) is 0.533. The second-order valence-corrected chi connectivity index (χ2v) is 6.61. The molecular weight excluding hydrogens is 254 g/mol. The van der Waals surface area contributed by atoms with Crippen molar-refractivity contribution in [3.05, 3.63) is 35.4 Å². The lowest BCUT2D eigenvalue weighted by atomic mass is 9.92. The van der Waals surface area contributed by atoms with Gasteiger partial charge in [-0.3, -0.25) is 0 Å². The molecule has 0 aromatic heterocycles. The minimum Gasteiger partial charge on any atom is -0.465 e. The molecule has 0 saturated carbocycles. The Morgan fingerprint density at radius 3 is 2.68 bits per heavy atom. The zero-order valence-corrected chi connectivity index (χ0v) is 12.8. The summed E-state index contributed by atoms with van der Waals surface area (Å²) in [4.78, 5) is 11.9. The lowest BCUT2D eigenvalue weighted by Gasteiger charge is -2.32. The summed E-state index contributed by atoms with van der Waals surface area (Å²) in [5.41, 5.74) is 1.82. The monoisotopic (exact) mass is 275 g/mol. The number of carbonyl (C=O) groups is 1. The number of ether oxygens (including phenoxy) is 1. The first-order chi connectivity index (χ1) is 9.15. The van der Waals surface area contributed by atoms with Crippen LogP contribution in [0, 0.1) is 5.92 Å². The van der Waals surface area contributed by atoms with Crippen molar-refractivity contribution < 1.29 is 9.53 Å². The maximum atomic E-state index is 11.9. The highest BCUT2D eigenvalue weighted by Gasteiger charge is 2.29. The molecular formula is C15H21NO2Si. The predicted molar refractivity (Wildman–Crippen MR) is 77.2 cm³/mol. The van der Waals surface area contributed by atoms with Gasteiger partial charge in [0.25, 0.3) is 0 Å². The quantitative estimate of drug-likeness (QED) is 0.625. The maximum absolute atomic E-state index is 11.9. The van der Waals surface area contributed by atoms with Gasteiger partial charge in [0.1, 0.15) is 9.68 Å². The molecule has 1 aromatic carbocycles. The number of methoxy groups -OCH3 is 1. The number of hydrogen-bond acceptors (Lipinski definition) is 3. The lowest BCUT2D eigenvalue weighted by Crippen LogP contribution is -2.32. The van der Waals surface area contributed by atoms with Gasteiger partial charge in [-0.05, 0) is 36.6 Å². The van der Waals surface area contributed by atoms with Crippen LogP contribution < -0.4 is 0 Å². The van der Waals surface area contributed by atoms with Crippen molar-refractivity contribution in [1.29, 1.82) is 0 Å². The highest BCUT2D eigenvalue weighted by molar-refractivity contribution is 6.33. The Morgan fingerprint density at radius 2 is 2.11 bits per heavy atom. The lowest BCUT2D eigenvalue weighted by molar-refractivity contribution is 0.0597. The van der Waals surface area contributed by atoms with Crippen molar-refractivity contribution in [2.75, 3.05) is 13.7 Å². The smallest absolute Gasteiger partial charge is 0.338 e. The Bertz CT molecular complexity index is 442. The molecule has 2 rings (SSSR count). The molecule has 2 radical (unpaired) electrons. The van der Waals surface area contributed by atoms with Crippen LogP contribution in [0.25, 0.3) is 0 Å². The number of nitrogens with zero attached hydrogens (tertiary/aromatic N) is 1. The maximum Gasteiger partial charge on any atom is 0.338 e. The zero-order chi connectivity index (χ0) is 13.8. The van der Waals surface area contributed by atoms with Crippen molar-refractivity contribution in [2.24, 2.45) is 5.92 Å². The van der Waals surface area contributed by atoms with E-state index in [-0.39, 0.29) is 5.97 Å². The van der Waals surface area contributed by atoms with E-state index in [1.54, 1.807) is 0 Å². The third-order valence-corrected chi connectivity index (χ3v) is 5.03. The predicted octanol–water partition coefficient (Wildman–Crippen LogP) is 2.91. The van der Waals surface area contributed by atoms with Crippen LogP contribution in [0.3, 0.4) is 0 Å². The second kappa shape index (κ2) is 6.35. The van der Waals surface area contributed by atoms with Gasteiger partial charge in [-0.1, -0.05) is 32.0 Å². The molecule has 0 spiro atoms. The minimum atomic E-state index is -0.233. The van der Waals surface area contributed by atoms with Crippen LogP contribution in [0.15, 0.2) is 24.3 Å². The molecule has 1 saturated heterocycles. The van der Waals surface area contributed by atoms with E-state index in [0.29, 0.717) is 17.5 Å². The number of rotatable bonds is 4. The SMILES string of the molecule is COC(=O)c1ccccc1C(C(C)C)N1CCC[Si]1. The molecule has 0 N–H and O–H groups in total. The summed E-state index contributed by atoms with van der Waals surface area (Å²) >= 11 is 0. The van der Waals surface area contributed by atoms with Crippen molar-refractivity contribution in [3.63, 3.8) is 0 Å². The van der Waals surface area contributed by atoms with Gasteiger partial charge in [0, 0.05) is 6.04 Å². The van der Waals surface area contributed by atoms with Crippen LogP contribution in [0.1, 0.15) is 42.2 Å². The third-order valence-electron chi connectivity index (χ3n) is 3.54. The van der Waals surface area contributed by atoms with E-state index in [4.69, 9.17) is 4.74 Å². The van der Waals surface area contributed by atoms with Gasteiger partial charge >= 0.3 is 5.97 Å². The topological polar surface area (TPSA) is 29.5 Å². The van der Waals surface area contributed by atoms with Crippen molar-refractivity contribution in [1.82, 2.24) is 4.57 Å². The Hall–Kier alpha value is -1.13. The van der Waals surface area contributed by atoms with Crippen molar-refractivity contribution >= 4 is 15.7 Å². The van der Waals surface area contributed by atoms with Gasteiger partial charge in [0.05, 0.1) is 12.7 Å². The molecule has 0 amide bonds. The number of hydrogen-bond donors (Lipinski definition) is 0. The average molecular weight is 275 g/mol. The first kappa shape index (κ1) is 14.3. The van der Waals surface area contributed by atoms with Gasteiger partial charge in [-0.25, -0.2) is 4.79 Å². The van der Waals surface area contributed by atoms with Gasteiger partial charge < -0.3 is 9.30 Å². The molecule has 1 heterocycles. The number of benzene rings is 1. The highest BCUT2D eigenvalue weighted by atomic mass is 28.2. The summed E-state index contributed by atoms with van der Waals surface area (Å²) in [6, 6.07) is 9.45. The molecule has 0 bridgehead atoms. The molecule has 1 unspecified atom stereocenters. The summed E-state index contributed by atoms with van der Waals surface area (Å²) in [6.07, 6.45) is 1.27. The molecule has 1 fully saturated rings. The van der Waals surface area contributed by atoms with Crippen LogP contribution in [-0.4, -0.2) is 33.9 Å². The molecule has 4 heteroatoms. The van der Waals surface area contributed by atoms with Crippen LogP contribution in [0.5, 0.6) is 0 Å². The molecule has 1 atom stereocenters. The molecule has 19 heavy (non-hydrogen) atoms. The molecule has 0 aliphatic carbocycles. The number of carbonyl (C=O) groups excluding carboxylic acids is 1. The average Bonchev–Trinajstić information content (AvgIpc) is 2.92. The molecule has 1 aliphatic rings. The third kappa shape index (κ3) is 3.07. The highest BCUT2D eigenvalue weighted by Crippen LogP contribution is 2.33. The van der Waals surface area contributed by atoms with Gasteiger partial charge in [0.2, 0.25) is 0 Å². The Kier molecular flexibility index (Phi) is 4.77. The first-order valence-electron chi connectivity index (χ1n) is 6.82. The molecule has 102 valence electrons. The van der Waals surface area contributed by atoms with E-state index in [2.05, 4.69) is 24.5 Å². The van der Waals surface area contributed by atoms with Gasteiger partial charge in [-0.2, -0.15) is 0 Å². The van der Waals surface area contributed by atoms with Gasteiger partial charge in [-0.15, -0.1) is 0 Å². The largest absolute Gasteiger partial charge is 0.465 e. The Labute approximate surface area is 117 Å². The van der Waals surface area contributed by atoms with E-state index in [1.165, 1.54) is 19.6 Å². The van der Waals surface area contributed by atoms with Crippen LogP contribution in [-0.2, 0) is 4.74 Å². The summed E-state index contributed by atoms with van der Waals surface area (Å²) in [5, 5.41) is 0. The number of esters is 1. The summed E-state index contributed by atoms with van der Waals surface area (Å²) in [5.74, 6) is 0.250. The van der Waals surface area contributed by atoms with E-state index < -0.39 is 0 Å². The van der Waals surface area contributed by atoms with Crippen molar-refractivity contribution in [3.8, 4) is 0 Å². The fourth-order valence-corrected chi connectivity index (χ4v) is 4.28. The van der Waals surface area contributed by atoms with Gasteiger partial charge in [0.15, 0.2) is 0 Å². The summed E-state index contributed by atoms with van der Waals surface area (Å²) in [6.45, 7) is 5.58. The zero-order valence-electron chi connectivity index (χ0n) is 11.8. The molecule has 3 nitrogen and oxygen atoms in total. The van der Waals surface area contributed by atoms with Crippen LogP contribution in [0.2, 0.25) is 6.04 Å². The standard InChI is InChI=1S/C15H21NO2Si/c1-11(2)14(16-9-6-10-19-16)12-7-4-5-8-13(12)15(17)18-3/h4-5,7-8,11,14H,6,9-10H2,1-3H3. The van der Waals surface area contributed by atoms with Crippen molar-refractivity contribution in [2.45, 2.75) is 32.4 Å². The van der Waals surface area contributed by atoms with E-state index in [0.717, 1.165) is 21.8 Å².